The van der Waals surface area contributed by atoms with Crippen LogP contribution in [0.15, 0.2) is 36.4 Å². The van der Waals surface area contributed by atoms with Gasteiger partial charge in [0.05, 0.1) is 0 Å². The minimum atomic E-state index is 0.124. The highest BCUT2D eigenvalue weighted by Crippen LogP contribution is 2.49. The van der Waals surface area contributed by atoms with Gasteiger partial charge in [-0.25, -0.2) is 0 Å². The van der Waals surface area contributed by atoms with E-state index in [0.717, 1.165) is 48.9 Å². The fraction of sp³-hybridized carbons (Fsp3) is 0.455. The molecule has 7 nitrogen and oxygen atoms in total. The number of amides is 1. The van der Waals surface area contributed by atoms with Crippen molar-refractivity contribution >= 4 is 17.4 Å². The van der Waals surface area contributed by atoms with Gasteiger partial charge in [-0.3, -0.25) is 4.79 Å². The number of fused-ring (bicyclic) bond motifs is 2. The number of carbonyl (C=O) groups is 1. The van der Waals surface area contributed by atoms with E-state index in [1.165, 1.54) is 18.4 Å². The minimum absolute atomic E-state index is 0.124. The van der Waals surface area contributed by atoms with Crippen LogP contribution in [0, 0.1) is 25.2 Å². The maximum atomic E-state index is 13.0. The number of aromatic nitrogens is 4. The van der Waals surface area contributed by atoms with Crippen molar-refractivity contribution in [1.82, 2.24) is 24.7 Å². The first kappa shape index (κ1) is 18.1. The molecule has 0 bridgehead atoms. The van der Waals surface area contributed by atoms with Crippen molar-refractivity contribution in [2.75, 3.05) is 25.0 Å². The Morgan fingerprint density at radius 3 is 2.83 bits per heavy atom. The zero-order valence-electron chi connectivity index (χ0n) is 16.9. The quantitative estimate of drug-likeness (QED) is 0.741. The highest BCUT2D eigenvalue weighted by molar-refractivity contribution is 5.94. The summed E-state index contributed by atoms with van der Waals surface area (Å²) in [6, 6.07) is 11.8. The van der Waals surface area contributed by atoms with E-state index in [1.54, 1.807) is 4.52 Å². The first-order valence-corrected chi connectivity index (χ1v) is 10.3. The van der Waals surface area contributed by atoms with Gasteiger partial charge in [-0.05, 0) is 56.9 Å². The third-order valence-corrected chi connectivity index (χ3v) is 6.67. The van der Waals surface area contributed by atoms with E-state index < -0.39 is 0 Å². The van der Waals surface area contributed by atoms with Crippen LogP contribution in [0.5, 0.6) is 0 Å². The van der Waals surface area contributed by atoms with Crippen LogP contribution in [0.2, 0.25) is 0 Å². The van der Waals surface area contributed by atoms with Crippen molar-refractivity contribution in [3.8, 4) is 0 Å². The van der Waals surface area contributed by atoms with Crippen molar-refractivity contribution in [3.05, 3.63) is 53.3 Å². The van der Waals surface area contributed by atoms with Gasteiger partial charge in [0.25, 0.3) is 5.91 Å². The zero-order chi connectivity index (χ0) is 20.0. The van der Waals surface area contributed by atoms with Crippen LogP contribution in [0.3, 0.4) is 0 Å². The molecule has 5 rings (SSSR count). The molecule has 1 N–H and O–H groups in total. The van der Waals surface area contributed by atoms with Gasteiger partial charge < -0.3 is 10.2 Å². The number of hydrogen-bond acceptors (Lipinski definition) is 5. The second kappa shape index (κ2) is 6.83. The molecule has 1 aliphatic heterocycles. The molecule has 2 atom stereocenters. The minimum Gasteiger partial charge on any atom is -0.368 e. The summed E-state index contributed by atoms with van der Waals surface area (Å²) in [7, 11) is 0. The monoisotopic (exact) mass is 390 g/mol. The summed E-state index contributed by atoms with van der Waals surface area (Å²) in [5.41, 5.74) is 2.84. The van der Waals surface area contributed by atoms with E-state index in [4.69, 9.17) is 0 Å². The molecule has 1 amide bonds. The van der Waals surface area contributed by atoms with Crippen LogP contribution in [0.25, 0.3) is 5.65 Å². The molecule has 29 heavy (non-hydrogen) atoms. The van der Waals surface area contributed by atoms with Gasteiger partial charge in [0.1, 0.15) is 5.82 Å². The van der Waals surface area contributed by atoms with Crippen LogP contribution < -0.4 is 5.32 Å². The molecule has 2 fully saturated rings. The van der Waals surface area contributed by atoms with E-state index in [1.807, 2.05) is 50.2 Å². The smallest absolute Gasteiger partial charge is 0.253 e. The molecule has 3 aromatic rings. The van der Waals surface area contributed by atoms with E-state index >= 15 is 0 Å². The molecule has 0 spiro atoms. The molecular weight excluding hydrogens is 364 g/mol. The summed E-state index contributed by atoms with van der Waals surface area (Å²) < 4.78 is 1.76. The van der Waals surface area contributed by atoms with E-state index in [2.05, 4.69) is 25.5 Å². The Morgan fingerprint density at radius 2 is 2.00 bits per heavy atom. The lowest BCUT2D eigenvalue weighted by molar-refractivity contribution is 0.0770. The van der Waals surface area contributed by atoms with Crippen molar-refractivity contribution in [1.29, 1.82) is 0 Å². The largest absolute Gasteiger partial charge is 0.368 e. The Kier molecular flexibility index (Phi) is 4.26. The molecule has 2 aliphatic rings. The van der Waals surface area contributed by atoms with Crippen molar-refractivity contribution in [2.45, 2.75) is 33.1 Å². The second-order valence-corrected chi connectivity index (χ2v) is 8.59. The summed E-state index contributed by atoms with van der Waals surface area (Å²) in [5, 5.41) is 16.3. The predicted molar refractivity (Wildman–Crippen MR) is 111 cm³/mol. The number of nitrogens with zero attached hydrogens (tertiary/aromatic N) is 5. The van der Waals surface area contributed by atoms with Gasteiger partial charge in [0, 0.05) is 30.6 Å². The first-order chi connectivity index (χ1) is 14.0. The second-order valence-electron chi connectivity index (χ2n) is 8.59. The summed E-state index contributed by atoms with van der Waals surface area (Å²) >= 11 is 0. The third kappa shape index (κ3) is 3.14. The first-order valence-electron chi connectivity index (χ1n) is 10.3. The predicted octanol–water partition coefficient (Wildman–Crippen LogP) is 3.10. The van der Waals surface area contributed by atoms with E-state index in [-0.39, 0.29) is 11.3 Å². The number of likely N-dealkylation sites (tertiary alicyclic amines) is 1. The fourth-order valence-electron chi connectivity index (χ4n) is 4.99. The molecule has 1 saturated heterocycles. The van der Waals surface area contributed by atoms with Crippen molar-refractivity contribution in [2.24, 2.45) is 11.3 Å². The van der Waals surface area contributed by atoms with E-state index in [0.29, 0.717) is 5.92 Å². The van der Waals surface area contributed by atoms with Crippen LogP contribution in [-0.4, -0.2) is 50.3 Å². The van der Waals surface area contributed by atoms with Crippen molar-refractivity contribution < 1.29 is 4.79 Å². The molecule has 3 heterocycles. The Labute approximate surface area is 170 Å². The van der Waals surface area contributed by atoms with Crippen LogP contribution in [-0.2, 0) is 0 Å². The third-order valence-electron chi connectivity index (χ3n) is 6.67. The number of carbonyl (C=O) groups excluding carboxylic acids is 1. The number of aryl methyl sites for hydroxylation is 2. The lowest BCUT2D eigenvalue weighted by Crippen LogP contribution is -2.36. The maximum absolute atomic E-state index is 13.0. The Hall–Kier alpha value is -2.96. The molecular formula is C22H26N6O. The zero-order valence-corrected chi connectivity index (χ0v) is 16.9. The fourth-order valence-corrected chi connectivity index (χ4v) is 4.99. The highest BCUT2D eigenvalue weighted by atomic mass is 16.2. The average Bonchev–Trinajstić information content (AvgIpc) is 3.39. The van der Waals surface area contributed by atoms with Crippen LogP contribution in [0.4, 0.5) is 5.82 Å². The van der Waals surface area contributed by atoms with Crippen molar-refractivity contribution in [3.63, 3.8) is 0 Å². The lowest BCUT2D eigenvalue weighted by atomic mass is 9.80. The molecule has 2 aromatic heterocycles. The Balaban J connectivity index is 1.32. The molecule has 0 unspecified atom stereocenters. The van der Waals surface area contributed by atoms with Crippen LogP contribution in [0.1, 0.15) is 41.0 Å². The average molecular weight is 390 g/mol. The lowest BCUT2D eigenvalue weighted by Gasteiger charge is -2.29. The van der Waals surface area contributed by atoms with Gasteiger partial charge in [-0.15, -0.1) is 15.3 Å². The van der Waals surface area contributed by atoms with E-state index in [9.17, 15) is 4.79 Å². The SMILES string of the molecule is Cc1ccc(C(=O)N2C[C@@H]3CCC[C@]3(CNc3ccc4nnc(C)n4n3)C2)cc1. The van der Waals surface area contributed by atoms with Gasteiger partial charge >= 0.3 is 0 Å². The van der Waals surface area contributed by atoms with Gasteiger partial charge in [0.15, 0.2) is 11.5 Å². The Morgan fingerprint density at radius 1 is 1.17 bits per heavy atom. The maximum Gasteiger partial charge on any atom is 0.253 e. The summed E-state index contributed by atoms with van der Waals surface area (Å²) in [6.07, 6.45) is 3.57. The Bertz CT molecular complexity index is 1060. The van der Waals surface area contributed by atoms with Gasteiger partial charge in [-0.2, -0.15) is 4.52 Å². The number of nitrogens with one attached hydrogen (secondary N) is 1. The summed E-state index contributed by atoms with van der Waals surface area (Å²) in [4.78, 5) is 15.1. The molecule has 1 saturated carbocycles. The molecule has 7 heteroatoms. The number of anilines is 1. The molecule has 1 aromatic carbocycles. The van der Waals surface area contributed by atoms with Gasteiger partial charge in [-0.1, -0.05) is 24.1 Å². The molecule has 1 aliphatic carbocycles. The number of hydrogen-bond donors (Lipinski definition) is 1. The number of rotatable bonds is 4. The highest BCUT2D eigenvalue weighted by Gasteiger charge is 2.50. The molecule has 150 valence electrons. The summed E-state index contributed by atoms with van der Waals surface area (Å²) in [6.45, 7) is 6.43. The standard InChI is InChI=1S/C22H26N6O/c1-15-5-7-17(8-6-15)21(29)27-12-18-4-3-11-22(18,14-27)13-23-19-9-10-20-25-24-16(2)28(20)26-19/h5-10,18H,3-4,11-14H2,1-2H3,(H,23,26)/t18-,22-/m0/s1. The number of benzene rings is 1. The van der Waals surface area contributed by atoms with Crippen LogP contribution >= 0.6 is 0 Å². The topological polar surface area (TPSA) is 75.4 Å². The normalized spacial score (nSPS) is 23.5. The van der Waals surface area contributed by atoms with Gasteiger partial charge in [0.2, 0.25) is 0 Å². The summed E-state index contributed by atoms with van der Waals surface area (Å²) in [5.74, 6) is 2.29. The molecule has 0 radical (unpaired) electrons.